The molecule has 7 nitrogen and oxygen atoms in total. The summed E-state index contributed by atoms with van der Waals surface area (Å²) in [5.74, 6) is -1.34. The number of benzene rings is 2. The predicted octanol–water partition coefficient (Wildman–Crippen LogP) is 5.20. The minimum absolute atomic E-state index is 0.000700. The first-order chi connectivity index (χ1) is 17.9. The summed E-state index contributed by atoms with van der Waals surface area (Å²) in [4.78, 5) is 13.3. The van der Waals surface area contributed by atoms with E-state index in [0.717, 1.165) is 18.5 Å². The fourth-order valence-electron chi connectivity index (χ4n) is 5.42. The van der Waals surface area contributed by atoms with Gasteiger partial charge in [0, 0.05) is 22.6 Å². The molecule has 0 spiro atoms. The zero-order valence-electron chi connectivity index (χ0n) is 21.5. The highest BCUT2D eigenvalue weighted by Gasteiger charge is 2.53. The largest absolute Gasteiger partial charge is 0.586 e. The summed E-state index contributed by atoms with van der Waals surface area (Å²) in [6.45, 7) is 5.89. The second-order valence-electron chi connectivity index (χ2n) is 10.9. The third kappa shape index (κ3) is 4.60. The number of carbonyl (C=O) groups excluding carboxylic acids is 1. The van der Waals surface area contributed by atoms with Gasteiger partial charge in [0.15, 0.2) is 11.5 Å². The van der Waals surface area contributed by atoms with Crippen LogP contribution < -0.4 is 14.8 Å². The maximum absolute atomic E-state index is 15.3. The average Bonchev–Trinajstić information content (AvgIpc) is 3.50. The van der Waals surface area contributed by atoms with Crippen molar-refractivity contribution in [3.63, 3.8) is 0 Å². The quantitative estimate of drug-likeness (QED) is 0.352. The van der Waals surface area contributed by atoms with Crippen LogP contribution in [-0.4, -0.2) is 39.7 Å². The molecule has 2 aromatic carbocycles. The Labute approximate surface area is 218 Å². The van der Waals surface area contributed by atoms with E-state index in [1.807, 2.05) is 10.6 Å². The van der Waals surface area contributed by atoms with Crippen LogP contribution in [0.5, 0.6) is 11.5 Å². The van der Waals surface area contributed by atoms with Gasteiger partial charge < -0.3 is 29.6 Å². The normalized spacial score (nSPS) is 18.0. The lowest BCUT2D eigenvalue weighted by Crippen LogP contribution is -2.28. The van der Waals surface area contributed by atoms with Gasteiger partial charge in [0.1, 0.15) is 5.82 Å². The van der Waals surface area contributed by atoms with Gasteiger partial charge in [-0.2, -0.15) is 0 Å². The van der Waals surface area contributed by atoms with Crippen molar-refractivity contribution in [1.82, 2.24) is 4.57 Å². The Morgan fingerprint density at radius 2 is 1.87 bits per heavy atom. The molecule has 10 heteroatoms. The number of aliphatic hydroxyl groups is 2. The minimum atomic E-state index is -3.76. The van der Waals surface area contributed by atoms with Crippen molar-refractivity contribution < 1.29 is 37.7 Å². The molecule has 1 atom stereocenters. The summed E-state index contributed by atoms with van der Waals surface area (Å²) >= 11 is 0. The lowest BCUT2D eigenvalue weighted by atomic mass is 9.84. The van der Waals surface area contributed by atoms with Gasteiger partial charge in [0.25, 0.3) is 0 Å². The number of nitrogens with zero attached hydrogens (tertiary/aromatic N) is 1. The van der Waals surface area contributed by atoms with Crippen molar-refractivity contribution in [2.45, 2.75) is 76.2 Å². The van der Waals surface area contributed by atoms with Gasteiger partial charge in [-0.05, 0) is 49.1 Å². The van der Waals surface area contributed by atoms with Crippen LogP contribution in [0.25, 0.3) is 10.9 Å². The van der Waals surface area contributed by atoms with Crippen LogP contribution in [0.3, 0.4) is 0 Å². The number of aromatic nitrogens is 1. The van der Waals surface area contributed by atoms with Gasteiger partial charge in [-0.25, -0.2) is 4.39 Å². The number of fused-ring (bicyclic) bond motifs is 2. The Morgan fingerprint density at radius 1 is 1.16 bits per heavy atom. The third-order valence-corrected chi connectivity index (χ3v) is 7.55. The Bertz CT molecular complexity index is 1400. The highest BCUT2D eigenvalue weighted by Crippen LogP contribution is 2.52. The predicted molar refractivity (Wildman–Crippen MR) is 135 cm³/mol. The Hall–Kier alpha value is -3.24. The molecule has 1 aliphatic carbocycles. The molecule has 3 N–H and O–H groups in total. The van der Waals surface area contributed by atoms with Gasteiger partial charge in [-0.15, -0.1) is 8.78 Å². The molecule has 0 saturated heterocycles. The molecule has 3 aromatic rings. The molecular formula is C28H31F3N2O5. The van der Waals surface area contributed by atoms with E-state index in [-0.39, 0.29) is 29.1 Å². The van der Waals surface area contributed by atoms with Gasteiger partial charge in [0.05, 0.1) is 35.9 Å². The molecule has 2 aliphatic rings. The second kappa shape index (κ2) is 9.20. The number of anilines is 1. The molecule has 204 valence electrons. The van der Waals surface area contributed by atoms with Crippen molar-refractivity contribution in [3.05, 3.63) is 53.5 Å². The van der Waals surface area contributed by atoms with Crippen LogP contribution in [0, 0.1) is 5.82 Å². The van der Waals surface area contributed by atoms with Crippen molar-refractivity contribution in [1.29, 1.82) is 0 Å². The van der Waals surface area contributed by atoms with Gasteiger partial charge in [0.2, 0.25) is 5.91 Å². The van der Waals surface area contributed by atoms with E-state index in [1.165, 1.54) is 18.2 Å². The zero-order chi connectivity index (χ0) is 27.5. The minimum Gasteiger partial charge on any atom is -0.395 e. The first kappa shape index (κ1) is 26.4. The monoisotopic (exact) mass is 532 g/mol. The number of rotatable bonds is 9. The van der Waals surface area contributed by atoms with Crippen LogP contribution in [0.1, 0.15) is 57.7 Å². The molecule has 1 aliphatic heterocycles. The standard InChI is InChI=1S/C28H31F3N2O5/c1-4-7-26(2,3)24-11-16-10-20(19(29)13-21(16)33(24)14-18(35)15-34)32-25(36)27(8-9-27)17-5-6-22-23(12-17)38-28(30,31)37-22/h5-6,10-13,18,34-35H,4,7-9,14-15H2,1-3H3,(H,32,36). The van der Waals surface area contributed by atoms with Crippen molar-refractivity contribution in [2.24, 2.45) is 0 Å². The Kier molecular flexibility index (Phi) is 6.38. The number of amides is 1. The van der Waals surface area contributed by atoms with E-state index in [1.54, 1.807) is 12.1 Å². The number of carbonyl (C=O) groups is 1. The molecule has 1 aromatic heterocycles. The Morgan fingerprint density at radius 3 is 2.53 bits per heavy atom. The molecule has 38 heavy (non-hydrogen) atoms. The maximum Gasteiger partial charge on any atom is 0.586 e. The van der Waals surface area contributed by atoms with E-state index in [9.17, 15) is 23.8 Å². The summed E-state index contributed by atoms with van der Waals surface area (Å²) in [6.07, 6.45) is -2.04. The number of alkyl halides is 2. The molecule has 1 unspecified atom stereocenters. The maximum atomic E-state index is 15.3. The number of ether oxygens (including phenoxy) is 2. The van der Waals surface area contributed by atoms with Crippen LogP contribution in [0.2, 0.25) is 0 Å². The van der Waals surface area contributed by atoms with Crippen LogP contribution in [-0.2, 0) is 22.2 Å². The highest BCUT2D eigenvalue weighted by molar-refractivity contribution is 6.02. The van der Waals surface area contributed by atoms with E-state index >= 15 is 4.39 Å². The lowest BCUT2D eigenvalue weighted by molar-refractivity contribution is -0.286. The summed E-state index contributed by atoms with van der Waals surface area (Å²) in [5, 5.41) is 23.0. The smallest absolute Gasteiger partial charge is 0.395 e. The number of hydrogen-bond donors (Lipinski definition) is 3. The zero-order valence-corrected chi connectivity index (χ0v) is 21.5. The van der Waals surface area contributed by atoms with Gasteiger partial charge in [-0.3, -0.25) is 4.79 Å². The second-order valence-corrected chi connectivity index (χ2v) is 10.9. The molecule has 1 amide bonds. The van der Waals surface area contributed by atoms with Crippen molar-refractivity contribution in [2.75, 3.05) is 11.9 Å². The fourth-order valence-corrected chi connectivity index (χ4v) is 5.42. The first-order valence-corrected chi connectivity index (χ1v) is 12.7. The molecule has 1 fully saturated rings. The number of hydrogen-bond acceptors (Lipinski definition) is 5. The number of aliphatic hydroxyl groups excluding tert-OH is 2. The Balaban J connectivity index is 1.46. The van der Waals surface area contributed by atoms with Crippen molar-refractivity contribution in [3.8, 4) is 11.5 Å². The van der Waals surface area contributed by atoms with E-state index < -0.39 is 36.1 Å². The van der Waals surface area contributed by atoms with Crippen LogP contribution in [0.15, 0.2) is 36.4 Å². The molecule has 0 bridgehead atoms. The summed E-state index contributed by atoms with van der Waals surface area (Å²) in [5.41, 5.74) is 0.663. The third-order valence-electron chi connectivity index (χ3n) is 7.55. The molecule has 2 heterocycles. The molecule has 1 saturated carbocycles. The van der Waals surface area contributed by atoms with E-state index in [4.69, 9.17) is 0 Å². The van der Waals surface area contributed by atoms with Crippen LogP contribution >= 0.6 is 0 Å². The number of nitrogens with one attached hydrogen (secondary N) is 1. The van der Waals surface area contributed by atoms with E-state index in [2.05, 4.69) is 35.6 Å². The summed E-state index contributed by atoms with van der Waals surface area (Å²) < 4.78 is 53.0. The van der Waals surface area contributed by atoms with Gasteiger partial charge in [-0.1, -0.05) is 33.3 Å². The first-order valence-electron chi connectivity index (χ1n) is 12.7. The summed E-state index contributed by atoms with van der Waals surface area (Å²) in [7, 11) is 0. The average molecular weight is 533 g/mol. The van der Waals surface area contributed by atoms with Crippen molar-refractivity contribution >= 4 is 22.5 Å². The topological polar surface area (TPSA) is 93.0 Å². The lowest BCUT2D eigenvalue weighted by Gasteiger charge is -2.27. The fraction of sp³-hybridized carbons (Fsp3) is 0.464. The van der Waals surface area contributed by atoms with Gasteiger partial charge >= 0.3 is 6.29 Å². The highest BCUT2D eigenvalue weighted by atomic mass is 19.3. The van der Waals surface area contributed by atoms with E-state index in [0.29, 0.717) is 29.3 Å². The molecule has 5 rings (SSSR count). The molecular weight excluding hydrogens is 501 g/mol. The van der Waals surface area contributed by atoms with Crippen LogP contribution in [0.4, 0.5) is 18.9 Å². The summed E-state index contributed by atoms with van der Waals surface area (Å²) in [6, 6.07) is 9.07. The molecule has 0 radical (unpaired) electrons. The SMILES string of the molecule is CCCC(C)(C)c1cc2cc(NC(=O)C3(c4ccc5c(c4)OC(F)(F)O5)CC3)c(F)cc2n1CC(O)CO. The number of halogens is 3.